The van der Waals surface area contributed by atoms with Crippen LogP contribution in [0.25, 0.3) is 10.9 Å². The number of methoxy groups -OCH3 is 1. The topological polar surface area (TPSA) is 57.2 Å². The van der Waals surface area contributed by atoms with Crippen LogP contribution in [0.3, 0.4) is 0 Å². The minimum atomic E-state index is -0.328. The molecule has 0 unspecified atom stereocenters. The van der Waals surface area contributed by atoms with Gasteiger partial charge in [0.25, 0.3) is 0 Å². The van der Waals surface area contributed by atoms with Gasteiger partial charge in [0, 0.05) is 29.3 Å². The smallest absolute Gasteiger partial charge is 0.340 e. The summed E-state index contributed by atoms with van der Waals surface area (Å²) in [6, 6.07) is 15.5. The maximum Gasteiger partial charge on any atom is 0.340 e. The van der Waals surface area contributed by atoms with E-state index < -0.39 is 0 Å². The predicted molar refractivity (Wildman–Crippen MR) is 83.2 cm³/mol. The normalized spacial score (nSPS) is 10.7. The van der Waals surface area contributed by atoms with Crippen molar-refractivity contribution in [2.24, 2.45) is 0 Å². The van der Waals surface area contributed by atoms with Crippen LogP contribution in [0.15, 0.2) is 54.7 Å². The summed E-state index contributed by atoms with van der Waals surface area (Å²) < 4.78 is 6.88. The highest BCUT2D eigenvalue weighted by Crippen LogP contribution is 2.24. The van der Waals surface area contributed by atoms with E-state index in [0.29, 0.717) is 12.1 Å². The second-order valence-corrected chi connectivity index (χ2v) is 4.88. The molecular formula is C17H16N2O2. The molecular weight excluding hydrogens is 264 g/mol. The standard InChI is InChI=1S/C17H16N2O2/c1-21-17(20)14-11-19(16-9-5-3-7-13(14)16)10-12-6-2-4-8-15(12)18/h2-9,11H,10,18H2,1H3. The van der Waals surface area contributed by atoms with Crippen LogP contribution in [0.4, 0.5) is 5.69 Å². The number of para-hydroxylation sites is 2. The first-order chi connectivity index (χ1) is 10.2. The van der Waals surface area contributed by atoms with Crippen LogP contribution < -0.4 is 5.73 Å². The zero-order valence-corrected chi connectivity index (χ0v) is 11.7. The molecule has 4 heteroatoms. The summed E-state index contributed by atoms with van der Waals surface area (Å²) in [5, 5.41) is 0.888. The molecule has 4 nitrogen and oxygen atoms in total. The fourth-order valence-corrected chi connectivity index (χ4v) is 2.51. The van der Waals surface area contributed by atoms with Crippen molar-refractivity contribution < 1.29 is 9.53 Å². The molecule has 21 heavy (non-hydrogen) atoms. The lowest BCUT2D eigenvalue weighted by Gasteiger charge is -2.08. The Morgan fingerprint density at radius 2 is 1.86 bits per heavy atom. The van der Waals surface area contributed by atoms with Crippen molar-refractivity contribution in [3.05, 3.63) is 65.9 Å². The molecule has 0 aliphatic heterocycles. The molecule has 0 aliphatic rings. The highest BCUT2D eigenvalue weighted by molar-refractivity contribution is 6.04. The Kier molecular flexibility index (Phi) is 3.36. The van der Waals surface area contributed by atoms with E-state index in [9.17, 15) is 4.79 Å². The summed E-state index contributed by atoms with van der Waals surface area (Å²) in [5.74, 6) is -0.328. The van der Waals surface area contributed by atoms with Gasteiger partial charge in [0.1, 0.15) is 0 Å². The van der Waals surface area contributed by atoms with Gasteiger partial charge < -0.3 is 15.0 Å². The van der Waals surface area contributed by atoms with Crippen LogP contribution >= 0.6 is 0 Å². The predicted octanol–water partition coefficient (Wildman–Crippen LogP) is 3.06. The highest BCUT2D eigenvalue weighted by Gasteiger charge is 2.15. The van der Waals surface area contributed by atoms with Crippen molar-refractivity contribution in [1.29, 1.82) is 0 Å². The van der Waals surface area contributed by atoms with Crippen LogP contribution in [-0.4, -0.2) is 17.6 Å². The molecule has 0 radical (unpaired) electrons. The molecule has 2 aromatic carbocycles. The van der Waals surface area contributed by atoms with Crippen molar-refractivity contribution in [3.63, 3.8) is 0 Å². The second kappa shape index (κ2) is 5.32. The number of aromatic nitrogens is 1. The Hall–Kier alpha value is -2.75. The van der Waals surface area contributed by atoms with Gasteiger partial charge in [-0.3, -0.25) is 0 Å². The molecule has 0 aliphatic carbocycles. The third kappa shape index (κ3) is 2.36. The van der Waals surface area contributed by atoms with E-state index in [0.717, 1.165) is 22.2 Å². The summed E-state index contributed by atoms with van der Waals surface area (Å²) in [7, 11) is 1.39. The van der Waals surface area contributed by atoms with Crippen molar-refractivity contribution in [2.75, 3.05) is 12.8 Å². The number of nitrogens with two attached hydrogens (primary N) is 1. The zero-order valence-electron chi connectivity index (χ0n) is 11.7. The van der Waals surface area contributed by atoms with Gasteiger partial charge in [-0.2, -0.15) is 0 Å². The maximum absolute atomic E-state index is 11.9. The monoisotopic (exact) mass is 280 g/mol. The Morgan fingerprint density at radius 1 is 1.14 bits per heavy atom. The Morgan fingerprint density at radius 3 is 2.62 bits per heavy atom. The largest absolute Gasteiger partial charge is 0.465 e. The lowest BCUT2D eigenvalue weighted by molar-refractivity contribution is 0.0603. The third-order valence-electron chi connectivity index (χ3n) is 3.59. The molecule has 0 saturated carbocycles. The summed E-state index contributed by atoms with van der Waals surface area (Å²) in [6.45, 7) is 0.615. The molecule has 0 atom stereocenters. The van der Waals surface area contributed by atoms with Gasteiger partial charge in [-0.25, -0.2) is 4.79 Å². The van der Waals surface area contributed by atoms with E-state index in [-0.39, 0.29) is 5.97 Å². The van der Waals surface area contributed by atoms with E-state index >= 15 is 0 Å². The van der Waals surface area contributed by atoms with Crippen LogP contribution in [0.2, 0.25) is 0 Å². The number of benzene rings is 2. The van der Waals surface area contributed by atoms with Crippen LogP contribution in [0.1, 0.15) is 15.9 Å². The van der Waals surface area contributed by atoms with Gasteiger partial charge in [-0.05, 0) is 17.7 Å². The van der Waals surface area contributed by atoms with Crippen molar-refractivity contribution in [1.82, 2.24) is 4.57 Å². The van der Waals surface area contributed by atoms with E-state index in [2.05, 4.69) is 0 Å². The maximum atomic E-state index is 11.9. The van der Waals surface area contributed by atoms with Crippen molar-refractivity contribution in [3.8, 4) is 0 Å². The number of nitrogens with zero attached hydrogens (tertiary/aromatic N) is 1. The second-order valence-electron chi connectivity index (χ2n) is 4.88. The van der Waals surface area contributed by atoms with Gasteiger partial charge in [0.05, 0.1) is 12.7 Å². The van der Waals surface area contributed by atoms with Crippen LogP contribution in [0, 0.1) is 0 Å². The van der Waals surface area contributed by atoms with Crippen LogP contribution in [-0.2, 0) is 11.3 Å². The number of fused-ring (bicyclic) bond motifs is 1. The molecule has 2 N–H and O–H groups in total. The van der Waals surface area contributed by atoms with E-state index in [4.69, 9.17) is 10.5 Å². The Labute approximate surface area is 122 Å². The molecule has 0 bridgehead atoms. The first-order valence-electron chi connectivity index (χ1n) is 6.70. The average molecular weight is 280 g/mol. The van der Waals surface area contributed by atoms with Gasteiger partial charge in [-0.1, -0.05) is 36.4 Å². The fraction of sp³-hybridized carbons (Fsp3) is 0.118. The van der Waals surface area contributed by atoms with Crippen molar-refractivity contribution in [2.45, 2.75) is 6.54 Å². The van der Waals surface area contributed by atoms with Crippen molar-refractivity contribution >= 4 is 22.6 Å². The SMILES string of the molecule is COC(=O)c1cn(Cc2ccccc2N)c2ccccc12. The molecule has 0 saturated heterocycles. The third-order valence-corrected chi connectivity index (χ3v) is 3.59. The number of anilines is 1. The first-order valence-corrected chi connectivity index (χ1v) is 6.70. The number of hydrogen-bond acceptors (Lipinski definition) is 3. The van der Waals surface area contributed by atoms with E-state index in [1.807, 2.05) is 59.3 Å². The van der Waals surface area contributed by atoms with Gasteiger partial charge in [-0.15, -0.1) is 0 Å². The molecule has 3 rings (SSSR count). The molecule has 1 heterocycles. The first kappa shape index (κ1) is 13.2. The minimum absolute atomic E-state index is 0.328. The number of hydrogen-bond donors (Lipinski definition) is 1. The quantitative estimate of drug-likeness (QED) is 0.592. The number of esters is 1. The summed E-state index contributed by atoms with van der Waals surface area (Å²) >= 11 is 0. The number of carbonyl (C=O) groups excluding carboxylic acids is 1. The van der Waals surface area contributed by atoms with Gasteiger partial charge in [0.2, 0.25) is 0 Å². The summed E-state index contributed by atoms with van der Waals surface area (Å²) in [5.41, 5.74) is 9.33. The molecule has 0 spiro atoms. The van der Waals surface area contributed by atoms with Crippen LogP contribution in [0.5, 0.6) is 0 Å². The molecule has 1 aromatic heterocycles. The van der Waals surface area contributed by atoms with Gasteiger partial charge >= 0.3 is 5.97 Å². The summed E-state index contributed by atoms with van der Waals surface area (Å²) in [4.78, 5) is 11.9. The molecule has 3 aromatic rings. The van der Waals surface area contributed by atoms with E-state index in [1.54, 1.807) is 0 Å². The van der Waals surface area contributed by atoms with Gasteiger partial charge in [0.15, 0.2) is 0 Å². The summed E-state index contributed by atoms with van der Waals surface area (Å²) in [6.07, 6.45) is 1.82. The number of ether oxygens (including phenoxy) is 1. The van der Waals surface area contributed by atoms with E-state index in [1.165, 1.54) is 7.11 Å². The highest BCUT2D eigenvalue weighted by atomic mass is 16.5. The number of nitrogen functional groups attached to an aromatic ring is 1. The molecule has 106 valence electrons. The number of carbonyl (C=O) groups is 1. The number of rotatable bonds is 3. The lowest BCUT2D eigenvalue weighted by atomic mass is 10.1. The Balaban J connectivity index is 2.11. The molecule has 0 fully saturated rings. The zero-order chi connectivity index (χ0) is 14.8. The molecule has 0 amide bonds. The fourth-order valence-electron chi connectivity index (χ4n) is 2.51. The Bertz CT molecular complexity index is 805. The minimum Gasteiger partial charge on any atom is -0.465 e. The lowest BCUT2D eigenvalue weighted by Crippen LogP contribution is -2.02. The average Bonchev–Trinajstić information content (AvgIpc) is 2.88.